The lowest BCUT2D eigenvalue weighted by atomic mass is 10.0. The summed E-state index contributed by atoms with van der Waals surface area (Å²) in [5.74, 6) is -0.856. The van der Waals surface area contributed by atoms with E-state index in [2.05, 4.69) is 26.6 Å². The van der Waals surface area contributed by atoms with Gasteiger partial charge in [-0.2, -0.15) is 0 Å². The van der Waals surface area contributed by atoms with Gasteiger partial charge in [-0.15, -0.1) is 0 Å². The number of rotatable bonds is 5. The minimum atomic E-state index is -0.932. The first-order valence-electron chi connectivity index (χ1n) is 7.66. The molecule has 0 saturated carbocycles. The van der Waals surface area contributed by atoms with Crippen molar-refractivity contribution in [3.8, 4) is 0 Å². The topological polar surface area (TPSA) is 78.5 Å². The van der Waals surface area contributed by atoms with Gasteiger partial charge in [0.15, 0.2) is 0 Å². The molecule has 9 heteroatoms. The number of halogens is 3. The first kappa shape index (κ1) is 20.0. The number of hydrogen-bond donors (Lipinski definition) is 2. The maximum Gasteiger partial charge on any atom is 0.322 e. The Labute approximate surface area is 164 Å². The number of carbonyl (C=O) groups is 3. The third-order valence-corrected chi connectivity index (χ3v) is 5.86. The minimum absolute atomic E-state index is 0.0939. The van der Waals surface area contributed by atoms with Crippen LogP contribution in [0.4, 0.5) is 4.79 Å². The zero-order chi connectivity index (χ0) is 18.7. The van der Waals surface area contributed by atoms with Crippen LogP contribution in [0.2, 0.25) is 10.0 Å². The van der Waals surface area contributed by atoms with E-state index in [-0.39, 0.29) is 11.9 Å². The quantitative estimate of drug-likeness (QED) is 0.677. The van der Waals surface area contributed by atoms with Crippen molar-refractivity contribution in [2.45, 2.75) is 36.7 Å². The van der Waals surface area contributed by atoms with Crippen LogP contribution in [0.15, 0.2) is 18.2 Å². The van der Waals surface area contributed by atoms with Crippen LogP contribution < -0.4 is 10.6 Å². The van der Waals surface area contributed by atoms with E-state index >= 15 is 0 Å². The normalized spacial score (nSPS) is 21.3. The van der Waals surface area contributed by atoms with Gasteiger partial charge in [0.2, 0.25) is 11.8 Å². The molecular weight excluding hydrogens is 433 g/mol. The van der Waals surface area contributed by atoms with Gasteiger partial charge in [-0.3, -0.25) is 14.9 Å². The Kier molecular flexibility index (Phi) is 6.71. The fraction of sp³-hybridized carbons (Fsp3) is 0.438. The Balaban J connectivity index is 1.97. The molecular formula is C16H18BrCl2N3O3. The van der Waals surface area contributed by atoms with Crippen LogP contribution in [0.25, 0.3) is 0 Å². The van der Waals surface area contributed by atoms with Crippen molar-refractivity contribution in [3.05, 3.63) is 33.8 Å². The second-order valence-corrected chi connectivity index (χ2v) is 7.73. The van der Waals surface area contributed by atoms with E-state index in [1.807, 2.05) is 13.0 Å². The fourth-order valence-corrected chi connectivity index (χ4v) is 3.26. The predicted molar refractivity (Wildman–Crippen MR) is 100 cm³/mol. The van der Waals surface area contributed by atoms with E-state index < -0.39 is 22.8 Å². The van der Waals surface area contributed by atoms with E-state index in [9.17, 15) is 14.4 Å². The van der Waals surface area contributed by atoms with E-state index in [0.29, 0.717) is 22.9 Å². The van der Waals surface area contributed by atoms with Crippen LogP contribution in [0.1, 0.15) is 18.9 Å². The highest BCUT2D eigenvalue weighted by molar-refractivity contribution is 9.10. The van der Waals surface area contributed by atoms with E-state index in [1.165, 1.54) is 4.90 Å². The van der Waals surface area contributed by atoms with Crippen molar-refractivity contribution >= 4 is 57.0 Å². The first-order chi connectivity index (χ1) is 11.7. The molecule has 0 spiro atoms. The molecule has 2 rings (SSSR count). The number of amides is 4. The summed E-state index contributed by atoms with van der Waals surface area (Å²) in [4.78, 5) is 36.5. The monoisotopic (exact) mass is 449 g/mol. The number of likely N-dealkylation sites (N-methyl/N-ethyl adjacent to an activating group) is 1. The molecule has 0 bridgehead atoms. The van der Waals surface area contributed by atoms with Crippen LogP contribution in [0, 0.1) is 0 Å². The molecule has 4 amide bonds. The molecule has 2 N–H and O–H groups in total. The summed E-state index contributed by atoms with van der Waals surface area (Å²) in [6.45, 7) is 1.91. The van der Waals surface area contributed by atoms with Crippen molar-refractivity contribution in [1.29, 1.82) is 0 Å². The highest BCUT2D eigenvalue weighted by atomic mass is 79.9. The van der Waals surface area contributed by atoms with Crippen molar-refractivity contribution in [3.63, 3.8) is 0 Å². The van der Waals surface area contributed by atoms with Gasteiger partial charge in [0.1, 0.15) is 10.9 Å². The molecule has 0 aliphatic carbocycles. The first-order valence-corrected chi connectivity index (χ1v) is 9.34. The Morgan fingerprint density at radius 1 is 1.32 bits per heavy atom. The van der Waals surface area contributed by atoms with Crippen molar-refractivity contribution in [2.24, 2.45) is 0 Å². The predicted octanol–water partition coefficient (Wildman–Crippen LogP) is 2.74. The number of urea groups is 1. The summed E-state index contributed by atoms with van der Waals surface area (Å²) in [7, 11) is 1.65. The Morgan fingerprint density at radius 2 is 2.00 bits per heavy atom. The minimum Gasteiger partial charge on any atom is -0.341 e. The summed E-state index contributed by atoms with van der Waals surface area (Å²) < 4.78 is 0. The number of nitrogens with zero attached hydrogens (tertiary/aromatic N) is 1. The molecule has 1 aliphatic heterocycles. The average molecular weight is 451 g/mol. The number of aryl methyl sites for hydroxylation is 1. The zero-order valence-electron chi connectivity index (χ0n) is 13.7. The van der Waals surface area contributed by atoms with Gasteiger partial charge in [-0.05, 0) is 37.5 Å². The lowest BCUT2D eigenvalue weighted by molar-refractivity contribution is -0.136. The van der Waals surface area contributed by atoms with Crippen LogP contribution in [0.5, 0.6) is 0 Å². The molecule has 0 aromatic heterocycles. The zero-order valence-corrected chi connectivity index (χ0v) is 16.8. The number of imide groups is 1. The molecule has 1 aromatic carbocycles. The van der Waals surface area contributed by atoms with Crippen molar-refractivity contribution < 1.29 is 14.4 Å². The third kappa shape index (κ3) is 4.86. The summed E-state index contributed by atoms with van der Waals surface area (Å²) >= 11 is 15.1. The highest BCUT2D eigenvalue weighted by Crippen LogP contribution is 2.24. The van der Waals surface area contributed by atoms with E-state index in [4.69, 9.17) is 23.2 Å². The smallest absolute Gasteiger partial charge is 0.322 e. The van der Waals surface area contributed by atoms with Crippen LogP contribution >= 0.6 is 39.1 Å². The number of nitrogens with one attached hydrogen (secondary N) is 2. The summed E-state index contributed by atoms with van der Waals surface area (Å²) in [6.07, 6.45) is 1.41. The largest absolute Gasteiger partial charge is 0.341 e. The van der Waals surface area contributed by atoms with Crippen molar-refractivity contribution in [1.82, 2.24) is 15.5 Å². The lowest BCUT2D eigenvalue weighted by Gasteiger charge is -2.33. The van der Waals surface area contributed by atoms with Gasteiger partial charge in [-0.1, -0.05) is 45.2 Å². The van der Waals surface area contributed by atoms with Crippen LogP contribution in [-0.4, -0.2) is 46.7 Å². The molecule has 1 saturated heterocycles. The van der Waals surface area contributed by atoms with Gasteiger partial charge >= 0.3 is 6.03 Å². The SMILES string of the molecule is CC(CCc1ccc(Cl)c(Cl)c1)N(C)C(=O)C1NC(=O)NC(=O)[C@@H]1Br. The Morgan fingerprint density at radius 3 is 2.64 bits per heavy atom. The molecule has 25 heavy (non-hydrogen) atoms. The standard InChI is InChI=1S/C16H18BrCl2N3O3/c1-8(3-4-9-5-6-10(18)11(19)7-9)22(2)15(24)13-12(17)14(23)21-16(25)20-13/h5-8,12-13H,3-4H2,1-2H3,(H2,20,21,23,25)/t8?,12-,13?/m1/s1. The van der Waals surface area contributed by atoms with Gasteiger partial charge < -0.3 is 10.2 Å². The van der Waals surface area contributed by atoms with Crippen molar-refractivity contribution in [2.75, 3.05) is 7.05 Å². The fourth-order valence-electron chi connectivity index (χ4n) is 2.47. The summed E-state index contributed by atoms with van der Waals surface area (Å²) in [5, 5.41) is 5.58. The number of benzene rings is 1. The molecule has 0 radical (unpaired) electrons. The molecule has 1 heterocycles. The molecule has 1 aliphatic rings. The molecule has 1 aromatic rings. The molecule has 3 atom stereocenters. The van der Waals surface area contributed by atoms with Gasteiger partial charge in [0.05, 0.1) is 10.0 Å². The number of hydrogen-bond acceptors (Lipinski definition) is 3. The second kappa shape index (κ2) is 8.38. The van der Waals surface area contributed by atoms with Gasteiger partial charge in [0, 0.05) is 13.1 Å². The molecule has 136 valence electrons. The maximum atomic E-state index is 12.6. The third-order valence-electron chi connectivity index (χ3n) is 4.18. The number of alkyl halides is 1. The second-order valence-electron chi connectivity index (χ2n) is 5.93. The lowest BCUT2D eigenvalue weighted by Crippen LogP contribution is -2.64. The van der Waals surface area contributed by atoms with Crippen LogP contribution in [0.3, 0.4) is 0 Å². The molecule has 1 fully saturated rings. The average Bonchev–Trinajstić information content (AvgIpc) is 2.57. The highest BCUT2D eigenvalue weighted by Gasteiger charge is 2.40. The van der Waals surface area contributed by atoms with Crippen LogP contribution in [-0.2, 0) is 16.0 Å². The molecule has 2 unspecified atom stereocenters. The summed E-state index contributed by atoms with van der Waals surface area (Å²) in [6, 6.07) is 3.74. The Hall–Kier alpha value is -1.31. The van der Waals surface area contributed by atoms with Gasteiger partial charge in [0.25, 0.3) is 0 Å². The van der Waals surface area contributed by atoms with E-state index in [0.717, 1.165) is 5.56 Å². The van der Waals surface area contributed by atoms with Gasteiger partial charge in [-0.25, -0.2) is 4.79 Å². The van der Waals surface area contributed by atoms with E-state index in [1.54, 1.807) is 19.2 Å². The summed E-state index contributed by atoms with van der Waals surface area (Å²) in [5.41, 5.74) is 1.02. The molecule has 6 nitrogen and oxygen atoms in total. The maximum absolute atomic E-state index is 12.6. The number of carbonyl (C=O) groups excluding carboxylic acids is 3. The Bertz CT molecular complexity index is 701.